The first-order chi connectivity index (χ1) is 26.6. The lowest BCUT2D eigenvalue weighted by Gasteiger charge is -2.29. The van der Waals surface area contributed by atoms with Crippen molar-refractivity contribution < 1.29 is 33.4 Å². The number of carbonyl (C=O) groups is 5. The summed E-state index contributed by atoms with van der Waals surface area (Å²) in [6.45, 7) is 1.72. The van der Waals surface area contributed by atoms with Crippen molar-refractivity contribution in [3.63, 3.8) is 0 Å². The molecular weight excluding hydrogens is 706 g/mol. The van der Waals surface area contributed by atoms with Crippen LogP contribution in [-0.4, -0.2) is 89.9 Å². The molecule has 3 aliphatic heterocycles. The molecule has 3 aliphatic rings. The van der Waals surface area contributed by atoms with Gasteiger partial charge in [-0.05, 0) is 73.4 Å². The SMILES string of the molecule is COc1cc(-c2cn(C)c(=O)c3cnccc23)cc(OC)c1CC(CCCCNc1cccc2c1C(=O)N(C1CCC(=O)NC1=O)C2=O)NC(=O)C1CNC1. The van der Waals surface area contributed by atoms with Crippen molar-refractivity contribution in [1.82, 2.24) is 30.4 Å². The van der Waals surface area contributed by atoms with E-state index in [-0.39, 0.29) is 47.4 Å². The zero-order valence-corrected chi connectivity index (χ0v) is 30.9. The van der Waals surface area contributed by atoms with Crippen molar-refractivity contribution >= 4 is 46.0 Å². The van der Waals surface area contributed by atoms with Gasteiger partial charge in [0.15, 0.2) is 0 Å². The van der Waals surface area contributed by atoms with Crippen molar-refractivity contribution in [2.45, 2.75) is 50.6 Å². The molecule has 2 atom stereocenters. The number of carbonyl (C=O) groups excluding carboxylic acids is 5. The zero-order valence-electron chi connectivity index (χ0n) is 30.9. The number of nitrogens with one attached hydrogen (secondary N) is 4. The number of anilines is 1. The van der Waals surface area contributed by atoms with Gasteiger partial charge < -0.3 is 30.0 Å². The number of fused-ring (bicyclic) bond motifs is 2. The zero-order chi connectivity index (χ0) is 38.8. The maximum Gasteiger partial charge on any atom is 0.264 e. The van der Waals surface area contributed by atoms with E-state index in [1.807, 2.05) is 18.2 Å². The molecule has 5 heterocycles. The molecule has 55 heavy (non-hydrogen) atoms. The van der Waals surface area contributed by atoms with Gasteiger partial charge in [-0.25, -0.2) is 0 Å². The Kier molecular flexibility index (Phi) is 10.6. The van der Waals surface area contributed by atoms with Crippen molar-refractivity contribution in [1.29, 1.82) is 0 Å². The van der Waals surface area contributed by atoms with E-state index in [2.05, 4.69) is 26.3 Å². The van der Waals surface area contributed by atoms with Crippen molar-refractivity contribution in [2.24, 2.45) is 13.0 Å². The summed E-state index contributed by atoms with van der Waals surface area (Å²) in [5, 5.41) is 13.2. The molecule has 15 nitrogen and oxygen atoms in total. The van der Waals surface area contributed by atoms with Crippen LogP contribution in [0.15, 0.2) is 59.8 Å². The molecule has 2 aromatic carbocycles. The van der Waals surface area contributed by atoms with Crippen LogP contribution < -0.4 is 36.3 Å². The minimum atomic E-state index is -1.04. The summed E-state index contributed by atoms with van der Waals surface area (Å²) in [5.74, 6) is -1.17. The molecule has 2 unspecified atom stereocenters. The highest BCUT2D eigenvalue weighted by molar-refractivity contribution is 6.25. The van der Waals surface area contributed by atoms with Gasteiger partial charge in [0.25, 0.3) is 17.4 Å². The molecule has 2 saturated heterocycles. The number of aromatic nitrogens is 2. The Morgan fingerprint density at radius 3 is 2.44 bits per heavy atom. The Balaban J connectivity index is 1.06. The number of unbranched alkanes of at least 4 members (excludes halogenated alkanes) is 1. The van der Waals surface area contributed by atoms with Crippen LogP contribution in [0.3, 0.4) is 0 Å². The predicted octanol–water partition coefficient (Wildman–Crippen LogP) is 2.55. The fourth-order valence-electron chi connectivity index (χ4n) is 7.55. The van der Waals surface area contributed by atoms with E-state index in [1.54, 1.807) is 58.1 Å². The highest BCUT2D eigenvalue weighted by atomic mass is 16.5. The van der Waals surface area contributed by atoms with Gasteiger partial charge in [0.05, 0.1) is 36.7 Å². The second-order valence-corrected chi connectivity index (χ2v) is 14.1. The number of ether oxygens (including phenoxy) is 2. The van der Waals surface area contributed by atoms with Gasteiger partial charge in [-0.1, -0.05) is 6.07 Å². The van der Waals surface area contributed by atoms with E-state index in [4.69, 9.17) is 9.47 Å². The van der Waals surface area contributed by atoms with E-state index in [0.29, 0.717) is 67.9 Å². The molecule has 4 aromatic rings. The number of piperidine rings is 1. The molecule has 0 spiro atoms. The van der Waals surface area contributed by atoms with Gasteiger partial charge in [-0.3, -0.25) is 44.0 Å². The van der Waals surface area contributed by atoms with Crippen LogP contribution in [0.5, 0.6) is 11.5 Å². The summed E-state index contributed by atoms with van der Waals surface area (Å²) in [5.41, 5.74) is 3.17. The minimum Gasteiger partial charge on any atom is -0.496 e. The third kappa shape index (κ3) is 7.26. The summed E-state index contributed by atoms with van der Waals surface area (Å²) >= 11 is 0. The molecule has 4 N–H and O–H groups in total. The third-order valence-electron chi connectivity index (χ3n) is 10.6. The summed E-state index contributed by atoms with van der Waals surface area (Å²) in [7, 11) is 4.88. The van der Waals surface area contributed by atoms with Gasteiger partial charge >= 0.3 is 0 Å². The maximum absolute atomic E-state index is 13.5. The van der Waals surface area contributed by atoms with Crippen LogP contribution in [0.4, 0.5) is 5.69 Å². The fourth-order valence-corrected chi connectivity index (χ4v) is 7.55. The lowest BCUT2D eigenvalue weighted by Crippen LogP contribution is -2.54. The lowest BCUT2D eigenvalue weighted by atomic mass is 9.94. The van der Waals surface area contributed by atoms with Crippen LogP contribution in [-0.2, 0) is 27.9 Å². The van der Waals surface area contributed by atoms with Gasteiger partial charge in [0, 0.05) is 74.5 Å². The molecule has 0 aliphatic carbocycles. The molecule has 0 radical (unpaired) electrons. The van der Waals surface area contributed by atoms with E-state index < -0.39 is 29.7 Å². The molecule has 286 valence electrons. The van der Waals surface area contributed by atoms with E-state index in [0.717, 1.165) is 27.0 Å². The summed E-state index contributed by atoms with van der Waals surface area (Å²) in [4.78, 5) is 82.1. The third-order valence-corrected chi connectivity index (χ3v) is 10.6. The smallest absolute Gasteiger partial charge is 0.264 e. The number of hydrogen-bond acceptors (Lipinski definition) is 11. The maximum atomic E-state index is 13.5. The Hall–Kier alpha value is -6.09. The van der Waals surface area contributed by atoms with E-state index >= 15 is 0 Å². The standard InChI is InChI=1S/C40H43N7O8/c1-46-21-29(25-12-14-41-20-28(25)38(46)51)22-15-32(54-2)27(33(16-22)55-3)17-24(44-36(49)23-18-42-19-23)7-4-5-13-43-30-9-6-8-26-35(30)40(53)47(39(26)52)31-10-11-34(48)45-37(31)50/h6,8-9,12,14-16,20-21,23-24,31,42-43H,4-5,7,10-11,13,17-19H2,1-3H3,(H,44,49)(H,45,48,50). The summed E-state index contributed by atoms with van der Waals surface area (Å²) in [6, 6.07) is 9.33. The number of hydrogen-bond donors (Lipinski definition) is 4. The average Bonchev–Trinajstić information content (AvgIpc) is 3.41. The second-order valence-electron chi connectivity index (χ2n) is 14.1. The number of pyridine rings is 2. The largest absolute Gasteiger partial charge is 0.496 e. The van der Waals surface area contributed by atoms with Crippen LogP contribution in [0.25, 0.3) is 21.9 Å². The molecule has 2 fully saturated rings. The van der Waals surface area contributed by atoms with Gasteiger partial charge in [0.2, 0.25) is 17.7 Å². The fraction of sp³-hybridized carbons (Fsp3) is 0.375. The lowest BCUT2D eigenvalue weighted by molar-refractivity contribution is -0.136. The molecule has 0 bridgehead atoms. The van der Waals surface area contributed by atoms with Crippen LogP contribution in [0, 0.1) is 5.92 Å². The number of imide groups is 2. The molecule has 15 heteroatoms. The Bertz CT molecular complexity index is 2240. The second kappa shape index (κ2) is 15.7. The monoisotopic (exact) mass is 749 g/mol. The topological polar surface area (TPSA) is 190 Å². The molecule has 5 amide bonds. The highest BCUT2D eigenvalue weighted by Crippen LogP contribution is 2.38. The summed E-state index contributed by atoms with van der Waals surface area (Å²) in [6.07, 6.45) is 7.59. The number of aryl methyl sites for hydroxylation is 1. The van der Waals surface area contributed by atoms with Crippen molar-refractivity contribution in [3.8, 4) is 22.6 Å². The average molecular weight is 750 g/mol. The summed E-state index contributed by atoms with van der Waals surface area (Å²) < 4.78 is 13.4. The molecule has 7 rings (SSSR count). The number of nitrogens with zero attached hydrogens (tertiary/aromatic N) is 3. The van der Waals surface area contributed by atoms with Gasteiger partial charge in [-0.2, -0.15) is 0 Å². The van der Waals surface area contributed by atoms with Crippen molar-refractivity contribution in [3.05, 3.63) is 82.0 Å². The number of benzene rings is 2. The van der Waals surface area contributed by atoms with E-state index in [1.165, 1.54) is 4.57 Å². The van der Waals surface area contributed by atoms with Crippen LogP contribution in [0.1, 0.15) is 58.4 Å². The normalized spacial score (nSPS) is 17.4. The van der Waals surface area contributed by atoms with Crippen LogP contribution in [0.2, 0.25) is 0 Å². The molecule has 2 aromatic heterocycles. The van der Waals surface area contributed by atoms with Crippen LogP contribution >= 0.6 is 0 Å². The quantitative estimate of drug-likeness (QED) is 0.110. The number of rotatable bonds is 14. The van der Waals surface area contributed by atoms with Crippen molar-refractivity contribution in [2.75, 3.05) is 39.2 Å². The number of methoxy groups -OCH3 is 2. The van der Waals surface area contributed by atoms with Gasteiger partial charge in [0.1, 0.15) is 17.5 Å². The first kappa shape index (κ1) is 37.2. The molecular formula is C40H43N7O8. The first-order valence-electron chi connectivity index (χ1n) is 18.4. The Labute approximate surface area is 316 Å². The van der Waals surface area contributed by atoms with Gasteiger partial charge in [-0.15, -0.1) is 0 Å². The Morgan fingerprint density at radius 1 is 0.982 bits per heavy atom. The molecule has 0 saturated carbocycles. The first-order valence-corrected chi connectivity index (χ1v) is 18.4. The predicted molar refractivity (Wildman–Crippen MR) is 203 cm³/mol. The van der Waals surface area contributed by atoms with E-state index in [9.17, 15) is 28.8 Å². The number of amides is 5. The Morgan fingerprint density at radius 2 is 1.75 bits per heavy atom. The highest BCUT2D eigenvalue weighted by Gasteiger charge is 2.45. The minimum absolute atomic E-state index is 0.0229.